The van der Waals surface area contributed by atoms with E-state index in [4.69, 9.17) is 0 Å². The Hall–Kier alpha value is -6.76. The number of hydrogen-bond donors (Lipinski definition) is 0. The van der Waals surface area contributed by atoms with Crippen LogP contribution in [-0.4, -0.2) is 0 Å². The summed E-state index contributed by atoms with van der Waals surface area (Å²) in [5.41, 5.74) is 15.5. The molecule has 0 spiro atoms. The van der Waals surface area contributed by atoms with E-state index in [0.717, 1.165) is 0 Å². The zero-order valence-electron chi connectivity index (χ0n) is 31.0. The topological polar surface area (TPSA) is 0 Å². The summed E-state index contributed by atoms with van der Waals surface area (Å²) in [6, 6.07) is 72.1. The fourth-order valence-corrected chi connectivity index (χ4v) is 9.74. The zero-order chi connectivity index (χ0) is 36.7. The van der Waals surface area contributed by atoms with Gasteiger partial charge in [0.15, 0.2) is 0 Å². The summed E-state index contributed by atoms with van der Waals surface area (Å²) in [4.78, 5) is 0. The molecule has 0 heterocycles. The third-order valence-electron chi connectivity index (χ3n) is 12.3. The van der Waals surface area contributed by atoms with Gasteiger partial charge in [-0.1, -0.05) is 202 Å². The molecule has 0 N–H and O–H groups in total. The summed E-state index contributed by atoms with van der Waals surface area (Å²) in [6.07, 6.45) is 0. The second kappa shape index (κ2) is 12.1. The second-order valence-corrected chi connectivity index (χ2v) is 15.6. The highest BCUT2D eigenvalue weighted by Crippen LogP contribution is 2.53. The fourth-order valence-electron chi connectivity index (χ4n) is 9.74. The molecule has 258 valence electrons. The van der Waals surface area contributed by atoms with E-state index in [2.05, 4.69) is 208 Å². The van der Waals surface area contributed by atoms with E-state index in [-0.39, 0.29) is 5.41 Å². The van der Waals surface area contributed by atoms with Crippen LogP contribution in [-0.2, 0) is 5.41 Å². The summed E-state index contributed by atoms with van der Waals surface area (Å²) in [7, 11) is 0. The van der Waals surface area contributed by atoms with E-state index in [1.54, 1.807) is 0 Å². The highest BCUT2D eigenvalue weighted by atomic mass is 14.4. The summed E-state index contributed by atoms with van der Waals surface area (Å²) >= 11 is 0. The van der Waals surface area contributed by atoms with Crippen molar-refractivity contribution < 1.29 is 0 Å². The molecule has 11 rings (SSSR count). The van der Waals surface area contributed by atoms with Crippen molar-refractivity contribution in [3.8, 4) is 55.6 Å². The van der Waals surface area contributed by atoms with Gasteiger partial charge in [0.2, 0.25) is 0 Å². The maximum atomic E-state index is 2.48. The third kappa shape index (κ3) is 4.71. The van der Waals surface area contributed by atoms with Gasteiger partial charge in [0.25, 0.3) is 0 Å². The van der Waals surface area contributed by atoms with Crippen LogP contribution in [0.3, 0.4) is 0 Å². The highest BCUT2D eigenvalue weighted by Gasteiger charge is 2.35. The Morgan fingerprint density at radius 1 is 0.255 bits per heavy atom. The summed E-state index contributed by atoms with van der Waals surface area (Å²) in [6.45, 7) is 4.75. The molecule has 0 amide bonds. The maximum absolute atomic E-state index is 2.48. The van der Waals surface area contributed by atoms with E-state index >= 15 is 0 Å². The molecular weight excluding hydrogens is 661 g/mol. The van der Waals surface area contributed by atoms with Crippen LogP contribution in [0, 0.1) is 0 Å². The Labute approximate surface area is 322 Å². The van der Waals surface area contributed by atoms with Crippen molar-refractivity contribution in [2.24, 2.45) is 0 Å². The lowest BCUT2D eigenvalue weighted by Crippen LogP contribution is -2.14. The Morgan fingerprint density at radius 3 is 1.11 bits per heavy atom. The minimum atomic E-state index is -0.0745. The lowest BCUT2D eigenvalue weighted by Gasteiger charge is -2.24. The first kappa shape index (κ1) is 31.7. The average molecular weight is 699 g/mol. The molecule has 0 saturated heterocycles. The Morgan fingerprint density at radius 2 is 0.600 bits per heavy atom. The molecule has 0 nitrogen and oxygen atoms in total. The maximum Gasteiger partial charge on any atom is 0.0159 e. The van der Waals surface area contributed by atoms with Gasteiger partial charge in [-0.15, -0.1) is 0 Å². The van der Waals surface area contributed by atoms with E-state index in [0.29, 0.717) is 0 Å². The Kier molecular flexibility index (Phi) is 7.00. The van der Waals surface area contributed by atoms with Crippen LogP contribution in [0.2, 0.25) is 0 Å². The van der Waals surface area contributed by atoms with Crippen LogP contribution in [0.5, 0.6) is 0 Å². The SMILES string of the molecule is CC1(C)c2ccccc2-c2ccc(-c3c4ccccc4c(-c4c5ccccc5c(-c5ccc(-c6ccccc6)cc5)c5ccccc45)c4ccccc34)cc21. The van der Waals surface area contributed by atoms with Crippen LogP contribution >= 0.6 is 0 Å². The molecule has 0 fully saturated rings. The van der Waals surface area contributed by atoms with Gasteiger partial charge in [-0.2, -0.15) is 0 Å². The molecule has 0 unspecified atom stereocenters. The van der Waals surface area contributed by atoms with Crippen molar-refractivity contribution >= 4 is 43.1 Å². The smallest absolute Gasteiger partial charge is 0.0159 e. The lowest BCUT2D eigenvalue weighted by atomic mass is 9.79. The summed E-state index contributed by atoms with van der Waals surface area (Å²) in [5, 5.41) is 10.2. The molecule has 10 aromatic carbocycles. The lowest BCUT2D eigenvalue weighted by molar-refractivity contribution is 0.660. The van der Waals surface area contributed by atoms with Gasteiger partial charge in [-0.25, -0.2) is 0 Å². The average Bonchev–Trinajstić information content (AvgIpc) is 3.47. The van der Waals surface area contributed by atoms with Gasteiger partial charge in [-0.3, -0.25) is 0 Å². The van der Waals surface area contributed by atoms with Gasteiger partial charge in [0.1, 0.15) is 0 Å². The Balaban J connectivity index is 1.19. The molecule has 1 aliphatic rings. The first-order valence-corrected chi connectivity index (χ1v) is 19.4. The van der Waals surface area contributed by atoms with Gasteiger partial charge in [0, 0.05) is 5.41 Å². The molecule has 0 aliphatic heterocycles. The molecule has 0 atom stereocenters. The molecular formula is C55H38. The fraction of sp³-hybridized carbons (Fsp3) is 0.0545. The van der Waals surface area contributed by atoms with Gasteiger partial charge in [-0.05, 0) is 116 Å². The molecule has 55 heavy (non-hydrogen) atoms. The quantitative estimate of drug-likeness (QED) is 0.161. The summed E-state index contributed by atoms with van der Waals surface area (Å²) in [5.74, 6) is 0. The Bertz CT molecular complexity index is 3030. The van der Waals surface area contributed by atoms with E-state index in [1.807, 2.05) is 0 Å². The third-order valence-corrected chi connectivity index (χ3v) is 12.3. The van der Waals surface area contributed by atoms with Gasteiger partial charge < -0.3 is 0 Å². The van der Waals surface area contributed by atoms with Gasteiger partial charge in [0.05, 0.1) is 0 Å². The van der Waals surface area contributed by atoms with Crippen LogP contribution < -0.4 is 0 Å². The minimum absolute atomic E-state index is 0.0745. The molecule has 0 heteroatoms. The van der Waals surface area contributed by atoms with Crippen molar-refractivity contribution in [3.05, 3.63) is 205 Å². The van der Waals surface area contributed by atoms with E-state index < -0.39 is 0 Å². The number of benzene rings is 10. The largest absolute Gasteiger partial charge is 0.0622 e. The summed E-state index contributed by atoms with van der Waals surface area (Å²) < 4.78 is 0. The molecule has 0 saturated carbocycles. The standard InChI is InChI=1S/C55H38/c1-55(2)49-27-15-14-18-39(49)40-33-32-38(34-50(40)55)52-43-21-8-12-25-47(43)54(48-26-13-9-22-44(48)52)53-45-23-10-6-19-41(45)51(42-20-7-11-24-46(42)53)37-30-28-36(29-31-37)35-16-4-3-5-17-35/h3-34H,1-2H3. The molecule has 0 aromatic heterocycles. The monoisotopic (exact) mass is 698 g/mol. The van der Waals surface area contributed by atoms with Crippen LogP contribution in [0.15, 0.2) is 194 Å². The van der Waals surface area contributed by atoms with Crippen molar-refractivity contribution in [1.82, 2.24) is 0 Å². The number of rotatable bonds is 4. The normalized spacial score (nSPS) is 13.1. The molecule has 10 aromatic rings. The van der Waals surface area contributed by atoms with Crippen molar-refractivity contribution in [1.29, 1.82) is 0 Å². The van der Waals surface area contributed by atoms with Crippen molar-refractivity contribution in [2.75, 3.05) is 0 Å². The molecule has 0 bridgehead atoms. The minimum Gasteiger partial charge on any atom is -0.0622 e. The number of hydrogen-bond acceptors (Lipinski definition) is 0. The van der Waals surface area contributed by atoms with Crippen LogP contribution in [0.1, 0.15) is 25.0 Å². The molecule has 1 aliphatic carbocycles. The van der Waals surface area contributed by atoms with Crippen LogP contribution in [0.25, 0.3) is 98.7 Å². The highest BCUT2D eigenvalue weighted by molar-refractivity contribution is 6.30. The first-order valence-electron chi connectivity index (χ1n) is 19.4. The predicted molar refractivity (Wildman–Crippen MR) is 236 cm³/mol. The zero-order valence-corrected chi connectivity index (χ0v) is 31.0. The van der Waals surface area contributed by atoms with Crippen molar-refractivity contribution in [2.45, 2.75) is 19.3 Å². The van der Waals surface area contributed by atoms with Crippen molar-refractivity contribution in [3.63, 3.8) is 0 Å². The first-order chi connectivity index (χ1) is 27.1. The second-order valence-electron chi connectivity index (χ2n) is 15.6. The van der Waals surface area contributed by atoms with E-state index in [9.17, 15) is 0 Å². The molecule has 0 radical (unpaired) electrons. The van der Waals surface area contributed by atoms with Crippen LogP contribution in [0.4, 0.5) is 0 Å². The van der Waals surface area contributed by atoms with Gasteiger partial charge >= 0.3 is 0 Å². The van der Waals surface area contributed by atoms with E-state index in [1.165, 1.54) is 110 Å². The number of fused-ring (bicyclic) bond motifs is 7. The predicted octanol–water partition coefficient (Wildman–Crippen LogP) is 15.3.